The van der Waals surface area contributed by atoms with Crippen molar-refractivity contribution in [2.45, 2.75) is 66.6 Å². The van der Waals surface area contributed by atoms with Crippen LogP contribution in [-0.4, -0.2) is 40.1 Å². The molecule has 168 valence electrons. The lowest BCUT2D eigenvalue weighted by molar-refractivity contribution is -0.263. The van der Waals surface area contributed by atoms with Crippen molar-refractivity contribution in [2.75, 3.05) is 0 Å². The molecular weight excluding hydrogens is 384 g/mol. The molecule has 0 fully saturated rings. The first-order chi connectivity index (χ1) is 12.9. The van der Waals surface area contributed by atoms with Gasteiger partial charge in [-0.05, 0) is 20.3 Å². The average molecular weight is 418 g/mol. The molecule has 0 aromatic carbocycles. The molecule has 6 N–H and O–H groups in total. The molecule has 0 aliphatic rings. The quantitative estimate of drug-likeness (QED) is 0.276. The highest BCUT2D eigenvalue weighted by atomic mass is 16.7. The highest BCUT2D eigenvalue weighted by Gasteiger charge is 2.49. The first kappa shape index (κ1) is 30.7. The molecule has 10 heteroatoms. The van der Waals surface area contributed by atoms with Gasteiger partial charge in [-0.1, -0.05) is 47.3 Å². The zero-order valence-electron chi connectivity index (χ0n) is 18.0. The number of ether oxygens (including phenoxy) is 2. The van der Waals surface area contributed by atoms with Crippen LogP contribution >= 0.6 is 0 Å². The summed E-state index contributed by atoms with van der Waals surface area (Å²) in [7, 11) is 0. The van der Waals surface area contributed by atoms with Crippen LogP contribution in [0.15, 0.2) is 24.3 Å². The van der Waals surface area contributed by atoms with E-state index in [1.54, 1.807) is 13.8 Å². The molecule has 0 aromatic rings. The Hall–Kier alpha value is -3.04. The number of carbonyl (C=O) groups excluding carboxylic acids is 2. The van der Waals surface area contributed by atoms with Crippen molar-refractivity contribution in [2.24, 2.45) is 16.9 Å². The van der Waals surface area contributed by atoms with Gasteiger partial charge in [-0.3, -0.25) is 0 Å². The van der Waals surface area contributed by atoms with Crippen molar-refractivity contribution in [1.29, 1.82) is 0 Å². The van der Waals surface area contributed by atoms with E-state index in [9.17, 15) is 9.59 Å². The zero-order chi connectivity index (χ0) is 24.0. The predicted molar refractivity (Wildman–Crippen MR) is 108 cm³/mol. The van der Waals surface area contributed by atoms with Crippen molar-refractivity contribution in [3.63, 3.8) is 0 Å². The Morgan fingerprint density at radius 3 is 1.31 bits per heavy atom. The van der Waals surface area contributed by atoms with Crippen molar-refractivity contribution in [3.8, 4) is 0 Å². The van der Waals surface area contributed by atoms with E-state index in [1.807, 2.05) is 27.7 Å². The second kappa shape index (κ2) is 14.0. The summed E-state index contributed by atoms with van der Waals surface area (Å²) in [5.74, 6) is -2.44. The number of hydrogen-bond donors (Lipinski definition) is 4. The molecule has 0 heterocycles. The minimum Gasteiger partial charge on any atom is -0.465 e. The second-order valence-corrected chi connectivity index (χ2v) is 7.12. The summed E-state index contributed by atoms with van der Waals surface area (Å²) >= 11 is 0. The summed E-state index contributed by atoms with van der Waals surface area (Å²) in [6.45, 7) is 17.9. The van der Waals surface area contributed by atoms with Crippen LogP contribution < -0.4 is 11.5 Å². The van der Waals surface area contributed by atoms with Gasteiger partial charge in [0.15, 0.2) is 0 Å². The number of unbranched alkanes of at least 4 members (excludes halogenated alkanes) is 1. The highest BCUT2D eigenvalue weighted by Crippen LogP contribution is 2.40. The van der Waals surface area contributed by atoms with Gasteiger partial charge < -0.3 is 31.2 Å². The summed E-state index contributed by atoms with van der Waals surface area (Å²) in [4.78, 5) is 41.5. The lowest BCUT2D eigenvalue weighted by Gasteiger charge is -2.42. The van der Waals surface area contributed by atoms with E-state index < -0.39 is 35.3 Å². The van der Waals surface area contributed by atoms with Crippen LogP contribution in [0.3, 0.4) is 0 Å². The third-order valence-electron chi connectivity index (χ3n) is 3.21. The summed E-state index contributed by atoms with van der Waals surface area (Å²) in [5.41, 5.74) is 8.02. The molecule has 0 radical (unpaired) electrons. The van der Waals surface area contributed by atoms with Crippen LogP contribution in [0.25, 0.3) is 0 Å². The van der Waals surface area contributed by atoms with Gasteiger partial charge in [-0.2, -0.15) is 0 Å². The number of esters is 2. The SMILES string of the molecule is C=C(C)C(=O)OC(CCCC)(OC(=O)C(=C)C)C(C)(C)C.NC(=O)O.NC(=O)O. The Bertz CT molecular complexity index is 558. The standard InChI is InChI=1S/C17H28O4.2CH3NO2/c1-9-10-11-17(16(6,7)8,20-14(18)12(2)3)21-15(19)13(4)5;2*2-1(3)4/h2,4,9-11H2,1,3,5-8H3;2*2H2,(H,3,4). The van der Waals surface area contributed by atoms with Crippen molar-refractivity contribution >= 4 is 24.1 Å². The number of carbonyl (C=O) groups is 4. The second-order valence-electron chi connectivity index (χ2n) is 7.12. The molecule has 0 rings (SSSR count). The summed E-state index contributed by atoms with van der Waals surface area (Å²) in [5, 5.41) is 14.4. The van der Waals surface area contributed by atoms with Gasteiger partial charge in [0.05, 0.1) is 0 Å². The monoisotopic (exact) mass is 418 g/mol. The fraction of sp³-hybridized carbons (Fsp3) is 0.579. The molecule has 29 heavy (non-hydrogen) atoms. The van der Waals surface area contributed by atoms with Crippen molar-refractivity contribution in [1.82, 2.24) is 0 Å². The van der Waals surface area contributed by atoms with E-state index in [-0.39, 0.29) is 11.1 Å². The Kier molecular flexibility index (Phi) is 14.8. The van der Waals surface area contributed by atoms with Gasteiger partial charge in [0.2, 0.25) is 0 Å². The van der Waals surface area contributed by atoms with E-state index in [0.717, 1.165) is 12.8 Å². The first-order valence-corrected chi connectivity index (χ1v) is 8.68. The van der Waals surface area contributed by atoms with E-state index in [1.165, 1.54) is 0 Å². The lowest BCUT2D eigenvalue weighted by Crippen LogP contribution is -2.50. The van der Waals surface area contributed by atoms with Crippen LogP contribution in [0.5, 0.6) is 0 Å². The summed E-state index contributed by atoms with van der Waals surface area (Å²) in [6.07, 6.45) is -0.567. The van der Waals surface area contributed by atoms with Gasteiger partial charge in [0.25, 0.3) is 5.79 Å². The van der Waals surface area contributed by atoms with Gasteiger partial charge in [-0.25, -0.2) is 19.2 Å². The topological polar surface area (TPSA) is 179 Å². The molecule has 0 unspecified atom stereocenters. The number of carboxylic acid groups (broad SMARTS) is 2. The lowest BCUT2D eigenvalue weighted by atomic mass is 9.81. The van der Waals surface area contributed by atoms with Gasteiger partial charge in [0, 0.05) is 23.0 Å². The minimum atomic E-state index is -1.33. The largest absolute Gasteiger partial charge is 0.465 e. The van der Waals surface area contributed by atoms with Crippen LogP contribution in [0.4, 0.5) is 9.59 Å². The third kappa shape index (κ3) is 15.7. The smallest absolute Gasteiger partial charge is 0.402 e. The Balaban J connectivity index is -0.000000712. The number of amides is 2. The van der Waals surface area contributed by atoms with E-state index in [2.05, 4.69) is 24.6 Å². The highest BCUT2D eigenvalue weighted by molar-refractivity contribution is 5.89. The maximum absolute atomic E-state index is 12.0. The van der Waals surface area contributed by atoms with Gasteiger partial charge in [0.1, 0.15) is 0 Å². The molecule has 0 spiro atoms. The minimum absolute atomic E-state index is 0.270. The molecule has 0 aromatic heterocycles. The molecule has 0 aliphatic carbocycles. The fourth-order valence-corrected chi connectivity index (χ4v) is 1.69. The number of hydrogen-bond acceptors (Lipinski definition) is 6. The van der Waals surface area contributed by atoms with Crippen LogP contribution in [-0.2, 0) is 19.1 Å². The average Bonchev–Trinajstić information content (AvgIpc) is 2.49. The van der Waals surface area contributed by atoms with Crippen molar-refractivity contribution in [3.05, 3.63) is 24.3 Å². The molecule has 0 saturated carbocycles. The molecule has 0 aliphatic heterocycles. The maximum atomic E-state index is 12.0. The van der Waals surface area contributed by atoms with E-state index in [0.29, 0.717) is 6.42 Å². The Morgan fingerprint density at radius 2 is 1.14 bits per heavy atom. The first-order valence-electron chi connectivity index (χ1n) is 8.68. The number of rotatable bonds is 7. The summed E-state index contributed by atoms with van der Waals surface area (Å²) in [6, 6.07) is 0. The van der Waals surface area contributed by atoms with Crippen LogP contribution in [0.1, 0.15) is 60.8 Å². The molecular formula is C19H34N2O8. The Morgan fingerprint density at radius 1 is 0.862 bits per heavy atom. The molecule has 2 amide bonds. The normalized spacial score (nSPS) is 10.1. The van der Waals surface area contributed by atoms with Crippen molar-refractivity contribution < 1.29 is 38.9 Å². The predicted octanol–water partition coefficient (Wildman–Crippen LogP) is 3.40. The number of primary amides is 2. The van der Waals surface area contributed by atoms with Crippen LogP contribution in [0.2, 0.25) is 0 Å². The van der Waals surface area contributed by atoms with Gasteiger partial charge >= 0.3 is 24.1 Å². The molecule has 0 atom stereocenters. The molecule has 0 saturated heterocycles. The van der Waals surface area contributed by atoms with Crippen LogP contribution in [0, 0.1) is 5.41 Å². The molecule has 0 bridgehead atoms. The van der Waals surface area contributed by atoms with Gasteiger partial charge in [-0.15, -0.1) is 0 Å². The summed E-state index contributed by atoms with van der Waals surface area (Å²) < 4.78 is 11.1. The third-order valence-corrected chi connectivity index (χ3v) is 3.21. The zero-order valence-corrected chi connectivity index (χ0v) is 18.0. The fourth-order valence-electron chi connectivity index (χ4n) is 1.69. The van der Waals surface area contributed by atoms with E-state index in [4.69, 9.17) is 29.3 Å². The van der Waals surface area contributed by atoms with E-state index >= 15 is 0 Å². The Labute approximate surface area is 171 Å². The number of nitrogens with two attached hydrogens (primary N) is 2. The maximum Gasteiger partial charge on any atom is 0.402 e. The molecule has 10 nitrogen and oxygen atoms in total.